The van der Waals surface area contributed by atoms with E-state index in [1.165, 1.54) is 58.5 Å². The maximum absolute atomic E-state index is 10.9. The first-order chi connectivity index (χ1) is 7.31. The Bertz CT molecular complexity index is 149. The van der Waals surface area contributed by atoms with Crippen LogP contribution in [0.3, 0.4) is 0 Å². The van der Waals surface area contributed by atoms with Crippen molar-refractivity contribution in [2.45, 2.75) is 64.7 Å². The second-order valence-corrected chi connectivity index (χ2v) is 5.55. The van der Waals surface area contributed by atoms with Crippen molar-refractivity contribution < 1.29 is 9.09 Å². The molecule has 0 spiro atoms. The lowest BCUT2D eigenvalue weighted by atomic mass is 10.1. The van der Waals surface area contributed by atoms with Crippen LogP contribution in [0, 0.1) is 0 Å². The lowest BCUT2D eigenvalue weighted by Gasteiger charge is -1.99. The summed E-state index contributed by atoms with van der Waals surface area (Å²) >= 11 is 0. The molecule has 0 aromatic carbocycles. The van der Waals surface area contributed by atoms with Crippen LogP contribution in [0.1, 0.15) is 64.7 Å². The quantitative estimate of drug-likeness (QED) is 0.374. The van der Waals surface area contributed by atoms with Gasteiger partial charge in [-0.05, 0) is 17.4 Å². The summed E-state index contributed by atoms with van der Waals surface area (Å²) in [5.41, 5.74) is 0. The molecule has 0 aromatic heterocycles. The van der Waals surface area contributed by atoms with Crippen LogP contribution in [-0.4, -0.2) is 13.3 Å². The largest absolute Gasteiger partial charge is 0.507 e. The van der Waals surface area contributed by atoms with E-state index in [1.54, 1.807) is 0 Å². The molecule has 0 fully saturated rings. The smallest absolute Gasteiger partial charge is 0.150 e. The van der Waals surface area contributed by atoms with Crippen molar-refractivity contribution in [3.8, 4) is 0 Å². The molecule has 0 amide bonds. The van der Waals surface area contributed by atoms with Gasteiger partial charge in [0.1, 0.15) is 0 Å². The molecule has 0 bridgehead atoms. The molecular formula is C12H26O2P+. The fourth-order valence-electron chi connectivity index (χ4n) is 1.64. The zero-order valence-electron chi connectivity index (χ0n) is 10.3. The molecule has 0 aliphatic heterocycles. The highest BCUT2D eigenvalue weighted by molar-refractivity contribution is 7.39. The first-order valence-electron chi connectivity index (χ1n) is 6.30. The molecule has 1 unspecified atom stereocenters. The number of unbranched alkanes of at least 4 members (excludes halogenated alkanes) is 8. The van der Waals surface area contributed by atoms with Crippen LogP contribution >= 0.6 is 8.03 Å². The first kappa shape index (κ1) is 15.1. The van der Waals surface area contributed by atoms with Crippen LogP contribution in [0.4, 0.5) is 0 Å². The zero-order chi connectivity index (χ0) is 11.4. The lowest BCUT2D eigenvalue weighted by Crippen LogP contribution is -1.84. The number of hydrogen-bond acceptors (Lipinski definition) is 2. The molecule has 0 saturated heterocycles. The van der Waals surface area contributed by atoms with Gasteiger partial charge in [-0.2, -0.15) is 0 Å². The van der Waals surface area contributed by atoms with Crippen LogP contribution in [0.2, 0.25) is 0 Å². The van der Waals surface area contributed by atoms with Gasteiger partial charge in [0.15, 0.2) is 6.16 Å². The fraction of sp³-hybridized carbons (Fsp3) is 1.00. The molecule has 0 aliphatic rings. The van der Waals surface area contributed by atoms with E-state index in [4.69, 9.17) is 4.52 Å². The van der Waals surface area contributed by atoms with Gasteiger partial charge >= 0.3 is 8.03 Å². The van der Waals surface area contributed by atoms with Crippen LogP contribution in [0.15, 0.2) is 0 Å². The summed E-state index contributed by atoms with van der Waals surface area (Å²) in [7, 11) is 0.159. The maximum atomic E-state index is 10.9. The Kier molecular flexibility index (Phi) is 12.2. The molecule has 0 rings (SSSR count). The first-order valence-corrected chi connectivity index (χ1v) is 7.66. The van der Waals surface area contributed by atoms with Crippen molar-refractivity contribution in [1.29, 1.82) is 0 Å². The molecule has 0 aliphatic carbocycles. The Morgan fingerprint density at radius 3 is 1.80 bits per heavy atom. The number of rotatable bonds is 11. The van der Waals surface area contributed by atoms with Gasteiger partial charge in [0.05, 0.1) is 7.11 Å². The minimum absolute atomic E-state index is 0.738. The summed E-state index contributed by atoms with van der Waals surface area (Å²) in [6, 6.07) is 0. The Labute approximate surface area is 95.7 Å². The van der Waals surface area contributed by atoms with Gasteiger partial charge in [0.2, 0.25) is 0 Å². The van der Waals surface area contributed by atoms with Gasteiger partial charge in [0, 0.05) is 0 Å². The van der Waals surface area contributed by atoms with Crippen LogP contribution in [0.25, 0.3) is 0 Å². The Hall–Kier alpha value is 0.0600. The molecule has 2 nitrogen and oxygen atoms in total. The predicted molar refractivity (Wildman–Crippen MR) is 66.7 cm³/mol. The zero-order valence-corrected chi connectivity index (χ0v) is 11.2. The highest BCUT2D eigenvalue weighted by Crippen LogP contribution is 2.22. The molecule has 0 heterocycles. The summed E-state index contributed by atoms with van der Waals surface area (Å²) in [6.45, 7) is 2.25. The summed E-state index contributed by atoms with van der Waals surface area (Å²) in [4.78, 5) is 0. The van der Waals surface area contributed by atoms with E-state index in [1.807, 2.05) is 0 Å². The third-order valence-corrected chi connectivity index (χ3v) is 3.74. The van der Waals surface area contributed by atoms with Gasteiger partial charge in [0.25, 0.3) is 0 Å². The fourth-order valence-corrected chi connectivity index (χ4v) is 2.31. The van der Waals surface area contributed by atoms with Gasteiger partial charge < -0.3 is 0 Å². The summed E-state index contributed by atoms with van der Waals surface area (Å²) < 4.78 is 15.7. The van der Waals surface area contributed by atoms with E-state index in [9.17, 15) is 4.57 Å². The standard InChI is InChI=1S/C12H26O2P/c1-3-4-5-6-7-8-9-10-11-12-15(13)14-2/h3-12H2,1-2H3/q+1. The molecule has 0 saturated carbocycles. The lowest BCUT2D eigenvalue weighted by molar-refractivity contribution is 0.413. The minimum Gasteiger partial charge on any atom is -0.150 e. The Morgan fingerprint density at radius 1 is 0.867 bits per heavy atom. The van der Waals surface area contributed by atoms with Crippen LogP contribution in [0.5, 0.6) is 0 Å². The Morgan fingerprint density at radius 2 is 1.33 bits per heavy atom. The third-order valence-electron chi connectivity index (χ3n) is 2.65. The van der Waals surface area contributed by atoms with E-state index in [2.05, 4.69) is 6.92 Å². The van der Waals surface area contributed by atoms with Gasteiger partial charge in [-0.3, -0.25) is 0 Å². The molecule has 0 radical (unpaired) electrons. The molecule has 0 aromatic rings. The van der Waals surface area contributed by atoms with E-state index >= 15 is 0 Å². The molecule has 1 atom stereocenters. The van der Waals surface area contributed by atoms with E-state index in [0.717, 1.165) is 12.6 Å². The maximum Gasteiger partial charge on any atom is 0.507 e. The average Bonchev–Trinajstić information content (AvgIpc) is 2.26. The van der Waals surface area contributed by atoms with Gasteiger partial charge in [-0.1, -0.05) is 51.9 Å². The van der Waals surface area contributed by atoms with E-state index < -0.39 is 8.03 Å². The highest BCUT2D eigenvalue weighted by atomic mass is 31.1. The SMILES string of the molecule is CCCCCCCCCCC[P+](=O)OC. The van der Waals surface area contributed by atoms with Crippen molar-refractivity contribution in [2.75, 3.05) is 13.3 Å². The number of hydrogen-bond donors (Lipinski definition) is 0. The van der Waals surface area contributed by atoms with Crippen molar-refractivity contribution in [3.05, 3.63) is 0 Å². The van der Waals surface area contributed by atoms with E-state index in [-0.39, 0.29) is 0 Å². The van der Waals surface area contributed by atoms with Crippen molar-refractivity contribution in [2.24, 2.45) is 0 Å². The Balaban J connectivity index is 2.95. The molecule has 0 N–H and O–H groups in total. The highest BCUT2D eigenvalue weighted by Gasteiger charge is 2.12. The predicted octanol–water partition coefficient (Wildman–Crippen LogP) is 4.91. The van der Waals surface area contributed by atoms with Gasteiger partial charge in [-0.15, -0.1) is 4.52 Å². The van der Waals surface area contributed by atoms with Crippen LogP contribution < -0.4 is 0 Å². The topological polar surface area (TPSA) is 26.3 Å². The summed E-state index contributed by atoms with van der Waals surface area (Å²) in [5, 5.41) is 0. The second-order valence-electron chi connectivity index (χ2n) is 4.07. The molecule has 90 valence electrons. The van der Waals surface area contributed by atoms with Gasteiger partial charge in [-0.25, -0.2) is 0 Å². The molecule has 15 heavy (non-hydrogen) atoms. The van der Waals surface area contributed by atoms with Crippen LogP contribution in [-0.2, 0) is 9.09 Å². The monoisotopic (exact) mass is 233 g/mol. The van der Waals surface area contributed by atoms with E-state index in [0.29, 0.717) is 0 Å². The molecular weight excluding hydrogens is 207 g/mol. The molecule has 3 heteroatoms. The normalized spacial score (nSPS) is 11.7. The minimum atomic E-state index is -1.36. The van der Waals surface area contributed by atoms with Crippen molar-refractivity contribution >= 4 is 8.03 Å². The average molecular weight is 233 g/mol. The third kappa shape index (κ3) is 12.0. The summed E-state index contributed by atoms with van der Waals surface area (Å²) in [5.74, 6) is 0. The van der Waals surface area contributed by atoms with Crippen molar-refractivity contribution in [1.82, 2.24) is 0 Å². The van der Waals surface area contributed by atoms with Crippen molar-refractivity contribution in [3.63, 3.8) is 0 Å². The second kappa shape index (κ2) is 12.1. The summed E-state index contributed by atoms with van der Waals surface area (Å²) in [6.07, 6.45) is 12.5.